The van der Waals surface area contributed by atoms with Crippen LogP contribution in [0.5, 0.6) is 0 Å². The molecule has 1 aliphatic rings. The molecule has 3 rings (SSSR count). The van der Waals surface area contributed by atoms with Crippen molar-refractivity contribution in [2.75, 3.05) is 0 Å². The van der Waals surface area contributed by atoms with Gasteiger partial charge >= 0.3 is 0 Å². The van der Waals surface area contributed by atoms with Gasteiger partial charge in [0.25, 0.3) is 11.6 Å². The van der Waals surface area contributed by atoms with Crippen molar-refractivity contribution in [2.45, 2.75) is 51.6 Å². The summed E-state index contributed by atoms with van der Waals surface area (Å²) in [6.07, 6.45) is 3.79. The molecule has 0 atom stereocenters. The summed E-state index contributed by atoms with van der Waals surface area (Å²) in [5.74, 6) is -0.0859. The van der Waals surface area contributed by atoms with Crippen LogP contribution in [-0.4, -0.2) is 28.1 Å². The number of hydrogen-bond donors (Lipinski definition) is 2. The molecule has 0 bridgehead atoms. The lowest BCUT2D eigenvalue weighted by Gasteiger charge is -2.26. The minimum absolute atomic E-state index is 0.0859. The number of nitrogens with two attached hydrogens (primary N) is 1. The third-order valence-corrected chi connectivity index (χ3v) is 4.10. The van der Waals surface area contributed by atoms with E-state index in [1.54, 1.807) is 6.07 Å². The molecule has 6 heteroatoms. The van der Waals surface area contributed by atoms with Gasteiger partial charge in [0.2, 0.25) is 0 Å². The zero-order valence-corrected chi connectivity index (χ0v) is 12.3. The Labute approximate surface area is 123 Å². The van der Waals surface area contributed by atoms with E-state index >= 15 is 0 Å². The van der Waals surface area contributed by atoms with Gasteiger partial charge < -0.3 is 15.6 Å². The van der Waals surface area contributed by atoms with Gasteiger partial charge in [-0.2, -0.15) is 0 Å². The van der Waals surface area contributed by atoms with Crippen molar-refractivity contribution >= 4 is 17.0 Å². The number of carbonyl (C=O) groups is 1. The molecule has 0 aliphatic heterocycles. The average Bonchev–Trinajstić information content (AvgIpc) is 2.82. The summed E-state index contributed by atoms with van der Waals surface area (Å²) < 4.78 is 5.17. The van der Waals surface area contributed by atoms with Crippen molar-refractivity contribution in [3.63, 3.8) is 0 Å². The average molecular weight is 288 g/mol. The van der Waals surface area contributed by atoms with Crippen LogP contribution in [-0.2, 0) is 0 Å². The Morgan fingerprint density at radius 1 is 1.33 bits per heavy atom. The number of aromatic nitrogens is 2. The molecular formula is C15H20N4O2. The summed E-state index contributed by atoms with van der Waals surface area (Å²) in [5.41, 5.74) is 8.34. The van der Waals surface area contributed by atoms with Gasteiger partial charge in [0.15, 0.2) is 0 Å². The van der Waals surface area contributed by atoms with Gasteiger partial charge in [0.1, 0.15) is 0 Å². The number of hydrogen-bond acceptors (Lipinski definition) is 5. The number of nitrogens with one attached hydrogen (secondary N) is 1. The van der Waals surface area contributed by atoms with Crippen molar-refractivity contribution < 1.29 is 9.32 Å². The quantitative estimate of drug-likeness (QED) is 0.879. The van der Waals surface area contributed by atoms with E-state index in [0.717, 1.165) is 31.4 Å². The minimum Gasteiger partial charge on any atom is -0.349 e. The zero-order chi connectivity index (χ0) is 15.0. The van der Waals surface area contributed by atoms with E-state index in [-0.39, 0.29) is 18.0 Å². The molecule has 112 valence electrons. The maximum Gasteiger partial charge on any atom is 0.258 e. The third-order valence-electron chi connectivity index (χ3n) is 4.10. The molecule has 0 radical (unpaired) electrons. The highest BCUT2D eigenvalue weighted by Gasteiger charge is 2.23. The van der Waals surface area contributed by atoms with E-state index < -0.39 is 0 Å². The van der Waals surface area contributed by atoms with Gasteiger partial charge in [-0.05, 0) is 45.6 Å². The highest BCUT2D eigenvalue weighted by molar-refractivity contribution is 6.06. The molecule has 2 heterocycles. The first-order valence-electron chi connectivity index (χ1n) is 7.34. The summed E-state index contributed by atoms with van der Waals surface area (Å²) >= 11 is 0. The number of aryl methyl sites for hydroxylation is 2. The van der Waals surface area contributed by atoms with E-state index in [0.29, 0.717) is 22.4 Å². The Morgan fingerprint density at radius 2 is 2.05 bits per heavy atom. The summed E-state index contributed by atoms with van der Waals surface area (Å²) in [6, 6.07) is 2.26. The van der Waals surface area contributed by atoms with Crippen molar-refractivity contribution in [3.05, 3.63) is 23.0 Å². The molecule has 0 spiro atoms. The number of nitrogens with zero attached hydrogens (tertiary/aromatic N) is 2. The van der Waals surface area contributed by atoms with Gasteiger partial charge in [0, 0.05) is 17.8 Å². The van der Waals surface area contributed by atoms with Crippen molar-refractivity contribution in [1.29, 1.82) is 0 Å². The Morgan fingerprint density at radius 3 is 2.76 bits per heavy atom. The van der Waals surface area contributed by atoms with Crippen LogP contribution >= 0.6 is 0 Å². The number of fused-ring (bicyclic) bond motifs is 1. The minimum atomic E-state index is -0.0859. The molecular weight excluding hydrogens is 268 g/mol. The maximum absolute atomic E-state index is 12.6. The fraction of sp³-hybridized carbons (Fsp3) is 0.533. The van der Waals surface area contributed by atoms with Crippen LogP contribution in [0.1, 0.15) is 47.4 Å². The van der Waals surface area contributed by atoms with Crippen LogP contribution in [0, 0.1) is 13.8 Å². The third kappa shape index (κ3) is 2.76. The lowest BCUT2D eigenvalue weighted by atomic mass is 9.91. The smallest absolute Gasteiger partial charge is 0.258 e. The predicted octanol–water partition coefficient (Wildman–Crippen LogP) is 1.84. The van der Waals surface area contributed by atoms with E-state index in [4.69, 9.17) is 10.3 Å². The van der Waals surface area contributed by atoms with Gasteiger partial charge in [-0.1, -0.05) is 5.16 Å². The molecule has 0 saturated heterocycles. The van der Waals surface area contributed by atoms with Crippen molar-refractivity contribution in [2.24, 2.45) is 5.73 Å². The molecule has 1 fully saturated rings. The van der Waals surface area contributed by atoms with Crippen molar-refractivity contribution in [1.82, 2.24) is 15.5 Å². The standard InChI is InChI=1S/C15H20N4O2/c1-8-7-12(13-9(2)19-21-15(13)17-8)14(20)18-11-5-3-10(16)4-6-11/h7,10-11H,3-6,16H2,1-2H3,(H,18,20). The van der Waals surface area contributed by atoms with E-state index in [1.165, 1.54) is 0 Å². The Bertz CT molecular complexity index is 672. The van der Waals surface area contributed by atoms with Crippen LogP contribution < -0.4 is 11.1 Å². The summed E-state index contributed by atoms with van der Waals surface area (Å²) in [7, 11) is 0. The Balaban J connectivity index is 1.86. The number of rotatable bonds is 2. The monoisotopic (exact) mass is 288 g/mol. The second-order valence-corrected chi connectivity index (χ2v) is 5.84. The van der Waals surface area contributed by atoms with E-state index in [2.05, 4.69) is 15.5 Å². The Hall–Kier alpha value is -1.95. The summed E-state index contributed by atoms with van der Waals surface area (Å²) in [6.45, 7) is 3.66. The van der Waals surface area contributed by atoms with Crippen molar-refractivity contribution in [3.8, 4) is 0 Å². The molecule has 1 aliphatic carbocycles. The summed E-state index contributed by atoms with van der Waals surface area (Å²) in [4.78, 5) is 16.8. The number of amides is 1. The second-order valence-electron chi connectivity index (χ2n) is 5.84. The van der Waals surface area contributed by atoms with Gasteiger partial charge in [0.05, 0.1) is 16.6 Å². The normalized spacial score (nSPS) is 22.4. The molecule has 1 amide bonds. The molecule has 2 aromatic rings. The highest BCUT2D eigenvalue weighted by Crippen LogP contribution is 2.23. The zero-order valence-electron chi connectivity index (χ0n) is 12.3. The van der Waals surface area contributed by atoms with Crippen LogP contribution in [0.15, 0.2) is 10.6 Å². The van der Waals surface area contributed by atoms with E-state index in [9.17, 15) is 4.79 Å². The highest BCUT2D eigenvalue weighted by atomic mass is 16.5. The van der Waals surface area contributed by atoms with Gasteiger partial charge in [-0.25, -0.2) is 4.98 Å². The first-order valence-corrected chi connectivity index (χ1v) is 7.34. The topological polar surface area (TPSA) is 94.0 Å². The second kappa shape index (κ2) is 5.44. The summed E-state index contributed by atoms with van der Waals surface area (Å²) in [5, 5.41) is 7.70. The molecule has 21 heavy (non-hydrogen) atoms. The fourth-order valence-electron chi connectivity index (χ4n) is 2.92. The van der Waals surface area contributed by atoms with Crippen LogP contribution in [0.25, 0.3) is 11.1 Å². The van der Waals surface area contributed by atoms with Gasteiger partial charge in [-0.15, -0.1) is 0 Å². The Kier molecular flexibility index (Phi) is 3.63. The number of carbonyl (C=O) groups excluding carboxylic acids is 1. The number of pyridine rings is 1. The largest absolute Gasteiger partial charge is 0.349 e. The molecule has 6 nitrogen and oxygen atoms in total. The fourth-order valence-corrected chi connectivity index (χ4v) is 2.92. The SMILES string of the molecule is Cc1cc(C(=O)NC2CCC(N)CC2)c2c(C)noc2n1. The van der Waals surface area contributed by atoms with Crippen LogP contribution in [0.3, 0.4) is 0 Å². The van der Waals surface area contributed by atoms with Gasteiger partial charge in [-0.3, -0.25) is 4.79 Å². The molecule has 3 N–H and O–H groups in total. The first-order chi connectivity index (χ1) is 10.0. The maximum atomic E-state index is 12.6. The first kappa shape index (κ1) is 14.0. The lowest BCUT2D eigenvalue weighted by Crippen LogP contribution is -2.40. The van der Waals surface area contributed by atoms with Crippen LogP contribution in [0.4, 0.5) is 0 Å². The predicted molar refractivity (Wildman–Crippen MR) is 79.0 cm³/mol. The molecule has 0 aromatic carbocycles. The van der Waals surface area contributed by atoms with E-state index in [1.807, 2.05) is 13.8 Å². The molecule has 0 unspecified atom stereocenters. The lowest BCUT2D eigenvalue weighted by molar-refractivity contribution is 0.0927. The molecule has 2 aromatic heterocycles. The molecule has 1 saturated carbocycles. The van der Waals surface area contributed by atoms with Crippen LogP contribution in [0.2, 0.25) is 0 Å².